The van der Waals surface area contributed by atoms with Crippen LogP contribution in [0, 0.1) is 11.8 Å². The summed E-state index contributed by atoms with van der Waals surface area (Å²) in [6.45, 7) is 6.21. The van der Waals surface area contributed by atoms with Crippen molar-refractivity contribution in [3.63, 3.8) is 0 Å². The third-order valence-electron chi connectivity index (χ3n) is 5.86. The molecule has 5 heteroatoms. The van der Waals surface area contributed by atoms with Crippen molar-refractivity contribution in [1.29, 1.82) is 0 Å². The molecule has 1 N–H and O–H groups in total. The van der Waals surface area contributed by atoms with Gasteiger partial charge in [-0.2, -0.15) is 0 Å². The van der Waals surface area contributed by atoms with Crippen LogP contribution in [0.1, 0.15) is 37.7 Å². The van der Waals surface area contributed by atoms with Gasteiger partial charge in [-0.1, -0.05) is 12.1 Å². The SMILES string of the molecule is CCOc1ccc([C@@H]2C[C@H]2NC(=O)N2CCC(C3CCOC3)C2)cc1. The van der Waals surface area contributed by atoms with E-state index in [4.69, 9.17) is 9.47 Å². The zero-order valence-electron chi connectivity index (χ0n) is 14.9. The lowest BCUT2D eigenvalue weighted by Gasteiger charge is -2.19. The number of urea groups is 1. The highest BCUT2D eigenvalue weighted by atomic mass is 16.5. The van der Waals surface area contributed by atoms with Crippen molar-refractivity contribution in [2.75, 3.05) is 32.9 Å². The van der Waals surface area contributed by atoms with Gasteiger partial charge in [0.2, 0.25) is 0 Å². The molecule has 1 aromatic rings. The monoisotopic (exact) mass is 344 g/mol. The summed E-state index contributed by atoms with van der Waals surface area (Å²) in [4.78, 5) is 14.5. The van der Waals surface area contributed by atoms with Gasteiger partial charge < -0.3 is 19.7 Å². The summed E-state index contributed by atoms with van der Waals surface area (Å²) in [7, 11) is 0. The Kier molecular flexibility index (Phi) is 4.84. The lowest BCUT2D eigenvalue weighted by molar-refractivity contribution is 0.170. The van der Waals surface area contributed by atoms with Crippen LogP contribution < -0.4 is 10.1 Å². The molecule has 0 aromatic heterocycles. The lowest BCUT2D eigenvalue weighted by atomic mass is 9.91. The predicted molar refractivity (Wildman–Crippen MR) is 95.9 cm³/mol. The van der Waals surface area contributed by atoms with E-state index in [9.17, 15) is 4.79 Å². The molecule has 0 bridgehead atoms. The molecule has 2 unspecified atom stereocenters. The van der Waals surface area contributed by atoms with Crippen LogP contribution in [-0.2, 0) is 4.74 Å². The number of benzene rings is 1. The fourth-order valence-electron chi connectivity index (χ4n) is 4.23. The second kappa shape index (κ2) is 7.24. The van der Waals surface area contributed by atoms with Crippen molar-refractivity contribution in [3.8, 4) is 5.75 Å². The second-order valence-corrected chi connectivity index (χ2v) is 7.52. The average molecular weight is 344 g/mol. The number of nitrogens with one attached hydrogen (secondary N) is 1. The van der Waals surface area contributed by atoms with E-state index in [0.29, 0.717) is 24.4 Å². The van der Waals surface area contributed by atoms with Gasteiger partial charge in [0.25, 0.3) is 0 Å². The average Bonchev–Trinajstić information content (AvgIpc) is 3.06. The van der Waals surface area contributed by atoms with Gasteiger partial charge in [0, 0.05) is 38.3 Å². The third-order valence-corrected chi connectivity index (χ3v) is 5.86. The largest absolute Gasteiger partial charge is 0.494 e. The number of carbonyl (C=O) groups excluding carboxylic acids is 1. The number of rotatable bonds is 5. The van der Waals surface area contributed by atoms with Crippen molar-refractivity contribution in [1.82, 2.24) is 10.2 Å². The quantitative estimate of drug-likeness (QED) is 0.893. The maximum Gasteiger partial charge on any atom is 0.317 e. The van der Waals surface area contributed by atoms with Crippen molar-refractivity contribution >= 4 is 6.03 Å². The maximum absolute atomic E-state index is 12.5. The second-order valence-electron chi connectivity index (χ2n) is 7.52. The normalized spacial score (nSPS) is 31.2. The van der Waals surface area contributed by atoms with Crippen molar-refractivity contribution in [2.24, 2.45) is 11.8 Å². The molecule has 0 spiro atoms. The highest BCUT2D eigenvalue weighted by molar-refractivity contribution is 5.75. The molecule has 2 amide bonds. The van der Waals surface area contributed by atoms with E-state index in [1.165, 1.54) is 5.56 Å². The summed E-state index contributed by atoms with van der Waals surface area (Å²) in [5.41, 5.74) is 1.29. The molecule has 3 aliphatic rings. The first-order chi connectivity index (χ1) is 12.2. The minimum atomic E-state index is 0.111. The number of hydrogen-bond donors (Lipinski definition) is 1. The molecule has 136 valence electrons. The minimum Gasteiger partial charge on any atom is -0.494 e. The van der Waals surface area contributed by atoms with Crippen LogP contribution in [0.2, 0.25) is 0 Å². The summed E-state index contributed by atoms with van der Waals surface area (Å²) in [5.74, 6) is 2.62. The number of nitrogens with zero attached hydrogens (tertiary/aromatic N) is 1. The summed E-state index contributed by atoms with van der Waals surface area (Å²) < 4.78 is 11.0. The van der Waals surface area contributed by atoms with E-state index < -0.39 is 0 Å². The van der Waals surface area contributed by atoms with Crippen LogP contribution in [0.5, 0.6) is 5.75 Å². The molecule has 4 rings (SSSR count). The molecule has 4 atom stereocenters. The zero-order chi connectivity index (χ0) is 17.2. The van der Waals surface area contributed by atoms with Gasteiger partial charge in [0.05, 0.1) is 6.61 Å². The zero-order valence-corrected chi connectivity index (χ0v) is 14.9. The summed E-state index contributed by atoms with van der Waals surface area (Å²) >= 11 is 0. The van der Waals surface area contributed by atoms with Crippen LogP contribution in [-0.4, -0.2) is 49.9 Å². The molecule has 1 aromatic carbocycles. The molecule has 2 aliphatic heterocycles. The molecule has 1 saturated carbocycles. The first-order valence-electron chi connectivity index (χ1n) is 9.60. The van der Waals surface area contributed by atoms with E-state index in [1.54, 1.807) is 0 Å². The van der Waals surface area contributed by atoms with Gasteiger partial charge in [0.1, 0.15) is 5.75 Å². The fourth-order valence-corrected chi connectivity index (χ4v) is 4.23. The maximum atomic E-state index is 12.5. The van der Waals surface area contributed by atoms with Gasteiger partial charge in [-0.15, -0.1) is 0 Å². The Morgan fingerprint density at radius 2 is 2.12 bits per heavy atom. The van der Waals surface area contributed by atoms with Crippen LogP contribution in [0.3, 0.4) is 0 Å². The Balaban J connectivity index is 1.25. The predicted octanol–water partition coefficient (Wildman–Crippen LogP) is 3.01. The highest BCUT2D eigenvalue weighted by Gasteiger charge is 2.41. The van der Waals surface area contributed by atoms with Crippen molar-refractivity contribution in [3.05, 3.63) is 29.8 Å². The smallest absolute Gasteiger partial charge is 0.317 e. The van der Waals surface area contributed by atoms with E-state index in [0.717, 1.165) is 51.3 Å². The lowest BCUT2D eigenvalue weighted by Crippen LogP contribution is -2.40. The molecule has 3 fully saturated rings. The summed E-state index contributed by atoms with van der Waals surface area (Å²) in [6, 6.07) is 8.66. The van der Waals surface area contributed by atoms with E-state index in [-0.39, 0.29) is 12.1 Å². The minimum absolute atomic E-state index is 0.111. The Hall–Kier alpha value is -1.75. The topological polar surface area (TPSA) is 50.8 Å². The third kappa shape index (κ3) is 3.76. The Bertz CT molecular complexity index is 597. The Morgan fingerprint density at radius 3 is 2.84 bits per heavy atom. The highest BCUT2D eigenvalue weighted by Crippen LogP contribution is 2.41. The van der Waals surface area contributed by atoms with Crippen LogP contribution in [0.25, 0.3) is 0 Å². The Labute approximate surface area is 149 Å². The molecule has 1 aliphatic carbocycles. The number of likely N-dealkylation sites (tertiary alicyclic amines) is 1. The summed E-state index contributed by atoms with van der Waals surface area (Å²) in [6.07, 6.45) is 3.31. The van der Waals surface area contributed by atoms with Crippen LogP contribution in [0.15, 0.2) is 24.3 Å². The fraction of sp³-hybridized carbons (Fsp3) is 0.650. The number of ether oxygens (including phenoxy) is 2. The first kappa shape index (κ1) is 16.7. The van der Waals surface area contributed by atoms with Gasteiger partial charge >= 0.3 is 6.03 Å². The number of carbonyl (C=O) groups is 1. The molecule has 2 saturated heterocycles. The van der Waals surface area contributed by atoms with E-state index >= 15 is 0 Å². The number of amides is 2. The van der Waals surface area contributed by atoms with Gasteiger partial charge in [0.15, 0.2) is 0 Å². The molecule has 25 heavy (non-hydrogen) atoms. The van der Waals surface area contributed by atoms with Gasteiger partial charge in [-0.3, -0.25) is 0 Å². The summed E-state index contributed by atoms with van der Waals surface area (Å²) in [5, 5.41) is 3.22. The van der Waals surface area contributed by atoms with E-state index in [1.807, 2.05) is 24.0 Å². The Morgan fingerprint density at radius 1 is 1.28 bits per heavy atom. The molecule has 0 radical (unpaired) electrons. The van der Waals surface area contributed by atoms with E-state index in [2.05, 4.69) is 17.4 Å². The van der Waals surface area contributed by atoms with Crippen molar-refractivity contribution < 1.29 is 14.3 Å². The molecule has 2 heterocycles. The standard InChI is InChI=1S/C20H28N2O3/c1-2-25-17-5-3-14(4-6-17)18-11-19(18)21-20(23)22-9-7-15(12-22)16-8-10-24-13-16/h3-6,15-16,18-19H,2,7-13H2,1H3,(H,21,23)/t15?,16?,18-,19+/m0/s1. The van der Waals surface area contributed by atoms with Gasteiger partial charge in [-0.25, -0.2) is 4.79 Å². The molecule has 5 nitrogen and oxygen atoms in total. The van der Waals surface area contributed by atoms with Crippen molar-refractivity contribution in [2.45, 2.75) is 38.1 Å². The first-order valence-corrected chi connectivity index (χ1v) is 9.60. The molecular formula is C20H28N2O3. The molecular weight excluding hydrogens is 316 g/mol. The van der Waals surface area contributed by atoms with Crippen LogP contribution >= 0.6 is 0 Å². The van der Waals surface area contributed by atoms with Gasteiger partial charge in [-0.05, 0) is 55.7 Å². The number of hydrogen-bond acceptors (Lipinski definition) is 3. The van der Waals surface area contributed by atoms with Crippen LogP contribution in [0.4, 0.5) is 4.79 Å².